The summed E-state index contributed by atoms with van der Waals surface area (Å²) in [4.78, 5) is 25.2. The van der Waals surface area contributed by atoms with Crippen LogP contribution < -0.4 is 9.47 Å². The van der Waals surface area contributed by atoms with E-state index in [1.165, 1.54) is 48.5 Å². The van der Waals surface area contributed by atoms with Crippen molar-refractivity contribution in [1.29, 1.82) is 0 Å². The standard InChI is InChI=1S/C34H30O10/c35-19-26(36)32(40)28(21-13-17-23(18-14-21)31(39)44-25-9-5-2-6-10-25)33(41)29(37)27(34(32,33)42)20-11-15-22(16-12-20)30(38)43-24-7-3-1-4-8-24/h1-18,26-29,35-37,40-42H,19H2/t26-,27?,28?,29?,32+,33+,34+/m1/s1. The lowest BCUT2D eigenvalue weighted by atomic mass is 9.30. The molecule has 2 aliphatic carbocycles. The smallest absolute Gasteiger partial charge is 0.343 e. The minimum absolute atomic E-state index is 0.156. The van der Waals surface area contributed by atoms with Gasteiger partial charge in [-0.2, -0.15) is 0 Å². The number of hydrogen-bond donors (Lipinski definition) is 6. The largest absolute Gasteiger partial charge is 0.423 e. The summed E-state index contributed by atoms with van der Waals surface area (Å²) in [5, 5.41) is 67.3. The van der Waals surface area contributed by atoms with Gasteiger partial charge in [-0.1, -0.05) is 60.7 Å². The molecule has 0 aromatic heterocycles. The number of carbonyl (C=O) groups is 2. The molecule has 226 valence electrons. The molecule has 0 amide bonds. The highest BCUT2D eigenvalue weighted by Crippen LogP contribution is 2.75. The predicted octanol–water partition coefficient (Wildman–Crippen LogP) is 1.93. The van der Waals surface area contributed by atoms with Gasteiger partial charge >= 0.3 is 11.9 Å². The van der Waals surface area contributed by atoms with Crippen LogP contribution in [0.1, 0.15) is 43.7 Å². The maximum Gasteiger partial charge on any atom is 0.343 e. The lowest BCUT2D eigenvalue weighted by molar-refractivity contribution is -0.459. The van der Waals surface area contributed by atoms with Crippen molar-refractivity contribution in [1.82, 2.24) is 0 Å². The average molecular weight is 599 g/mol. The van der Waals surface area contributed by atoms with Crippen LogP contribution in [0.25, 0.3) is 0 Å². The molecule has 2 aliphatic rings. The molecule has 7 atom stereocenters. The van der Waals surface area contributed by atoms with Crippen LogP contribution in [-0.2, 0) is 0 Å². The van der Waals surface area contributed by atoms with Gasteiger partial charge in [0.2, 0.25) is 0 Å². The van der Waals surface area contributed by atoms with Crippen LogP contribution in [-0.4, -0.2) is 78.2 Å². The van der Waals surface area contributed by atoms with Crippen LogP contribution in [0.15, 0.2) is 109 Å². The van der Waals surface area contributed by atoms with E-state index in [0.29, 0.717) is 11.5 Å². The van der Waals surface area contributed by atoms with Crippen molar-refractivity contribution in [2.45, 2.75) is 40.8 Å². The number of para-hydroxylation sites is 2. The molecule has 2 saturated carbocycles. The molecule has 0 heterocycles. The van der Waals surface area contributed by atoms with E-state index < -0.39 is 59.4 Å². The van der Waals surface area contributed by atoms with Gasteiger partial charge in [0.15, 0.2) is 0 Å². The molecule has 44 heavy (non-hydrogen) atoms. The minimum atomic E-state index is -2.52. The Hall–Kier alpha value is -4.42. The molecular formula is C34H30O10. The molecular weight excluding hydrogens is 568 g/mol. The summed E-state index contributed by atoms with van der Waals surface area (Å²) in [6.45, 7) is -0.958. The second kappa shape index (κ2) is 10.9. The first-order valence-electron chi connectivity index (χ1n) is 14.0. The third-order valence-electron chi connectivity index (χ3n) is 8.89. The number of hydrogen-bond acceptors (Lipinski definition) is 10. The van der Waals surface area contributed by atoms with E-state index in [9.17, 15) is 40.2 Å². The van der Waals surface area contributed by atoms with E-state index in [0.717, 1.165) is 0 Å². The summed E-state index contributed by atoms with van der Waals surface area (Å²) in [5.41, 5.74) is -6.55. The number of rotatable bonds is 8. The second-order valence-corrected chi connectivity index (χ2v) is 11.1. The van der Waals surface area contributed by atoms with Gasteiger partial charge in [0.1, 0.15) is 34.4 Å². The van der Waals surface area contributed by atoms with E-state index in [1.54, 1.807) is 60.7 Å². The summed E-state index contributed by atoms with van der Waals surface area (Å²) in [6.07, 6.45) is -3.54. The van der Waals surface area contributed by atoms with Gasteiger partial charge < -0.3 is 40.1 Å². The van der Waals surface area contributed by atoms with Crippen molar-refractivity contribution in [2.24, 2.45) is 0 Å². The molecule has 0 spiro atoms. The predicted molar refractivity (Wildman–Crippen MR) is 155 cm³/mol. The Morgan fingerprint density at radius 1 is 0.682 bits per heavy atom. The fraction of sp³-hybridized carbons (Fsp3) is 0.235. The fourth-order valence-electron chi connectivity index (χ4n) is 6.76. The third kappa shape index (κ3) is 4.19. The van der Waals surface area contributed by atoms with E-state index in [-0.39, 0.29) is 22.3 Å². The summed E-state index contributed by atoms with van der Waals surface area (Å²) in [5.74, 6) is -3.36. The topological polar surface area (TPSA) is 174 Å². The highest BCUT2D eigenvalue weighted by Gasteiger charge is 2.93. The Morgan fingerprint density at radius 2 is 1.11 bits per heavy atom. The molecule has 4 aromatic rings. The zero-order valence-electron chi connectivity index (χ0n) is 23.2. The molecule has 0 bridgehead atoms. The Kier molecular flexibility index (Phi) is 7.37. The number of aliphatic hydroxyl groups excluding tert-OH is 3. The zero-order chi connectivity index (χ0) is 31.3. The normalized spacial score (nSPS) is 29.4. The number of ether oxygens (including phenoxy) is 2. The van der Waals surface area contributed by atoms with Crippen molar-refractivity contribution >= 4 is 11.9 Å². The monoisotopic (exact) mass is 598 g/mol. The molecule has 0 saturated heterocycles. The molecule has 10 nitrogen and oxygen atoms in total. The lowest BCUT2D eigenvalue weighted by Gasteiger charge is -2.80. The Bertz CT molecular complexity index is 1660. The highest BCUT2D eigenvalue weighted by atomic mass is 16.5. The second-order valence-electron chi connectivity index (χ2n) is 11.1. The quantitative estimate of drug-likeness (QED) is 0.130. The number of fused-ring (bicyclic) bond motifs is 1. The number of aliphatic hydroxyl groups is 6. The number of carbonyl (C=O) groups excluding carboxylic acids is 2. The summed E-state index contributed by atoms with van der Waals surface area (Å²) in [6, 6.07) is 28.2. The molecule has 2 fully saturated rings. The van der Waals surface area contributed by atoms with Crippen LogP contribution in [0.5, 0.6) is 11.5 Å². The van der Waals surface area contributed by atoms with Gasteiger partial charge in [0.25, 0.3) is 0 Å². The SMILES string of the molecule is O=C(Oc1ccccc1)c1ccc(C2C(O)[C@@]3(O)C(c4ccc(C(=O)Oc5ccccc5)cc4)[C@@](O)([C@H](O)CO)[C@@]23O)cc1. The van der Waals surface area contributed by atoms with Crippen molar-refractivity contribution in [2.75, 3.05) is 6.61 Å². The molecule has 0 aliphatic heterocycles. The van der Waals surface area contributed by atoms with Crippen molar-refractivity contribution < 1.29 is 49.7 Å². The highest BCUT2D eigenvalue weighted by molar-refractivity contribution is 5.91. The average Bonchev–Trinajstić information content (AvgIpc) is 3.05. The van der Waals surface area contributed by atoms with E-state index in [1.807, 2.05) is 0 Å². The fourth-order valence-corrected chi connectivity index (χ4v) is 6.76. The minimum Gasteiger partial charge on any atom is -0.423 e. The molecule has 0 radical (unpaired) electrons. The third-order valence-corrected chi connectivity index (χ3v) is 8.89. The number of benzene rings is 4. The summed E-state index contributed by atoms with van der Waals surface area (Å²) >= 11 is 0. The Morgan fingerprint density at radius 3 is 1.55 bits per heavy atom. The van der Waals surface area contributed by atoms with Crippen LogP contribution in [0.2, 0.25) is 0 Å². The molecule has 6 N–H and O–H groups in total. The summed E-state index contributed by atoms with van der Waals surface area (Å²) in [7, 11) is 0. The van der Waals surface area contributed by atoms with Gasteiger partial charge in [0.05, 0.1) is 29.8 Å². The van der Waals surface area contributed by atoms with Crippen LogP contribution in [0, 0.1) is 0 Å². The number of esters is 2. The maximum atomic E-state index is 12.6. The van der Waals surface area contributed by atoms with E-state index in [2.05, 4.69) is 0 Å². The van der Waals surface area contributed by atoms with Crippen LogP contribution in [0.4, 0.5) is 0 Å². The van der Waals surface area contributed by atoms with E-state index in [4.69, 9.17) is 9.47 Å². The van der Waals surface area contributed by atoms with Gasteiger partial charge in [-0.3, -0.25) is 0 Å². The Balaban J connectivity index is 1.26. The first-order valence-corrected chi connectivity index (χ1v) is 14.0. The van der Waals surface area contributed by atoms with Gasteiger partial charge in [-0.05, 0) is 59.7 Å². The van der Waals surface area contributed by atoms with Crippen molar-refractivity contribution in [3.8, 4) is 11.5 Å². The van der Waals surface area contributed by atoms with E-state index >= 15 is 0 Å². The van der Waals surface area contributed by atoms with Crippen LogP contribution in [0.3, 0.4) is 0 Å². The molecule has 10 heteroatoms. The van der Waals surface area contributed by atoms with Crippen molar-refractivity contribution in [3.05, 3.63) is 131 Å². The maximum absolute atomic E-state index is 12.6. The molecule has 4 aromatic carbocycles. The van der Waals surface area contributed by atoms with Gasteiger partial charge in [-0.15, -0.1) is 0 Å². The van der Waals surface area contributed by atoms with Crippen LogP contribution >= 0.6 is 0 Å². The zero-order valence-corrected chi connectivity index (χ0v) is 23.2. The van der Waals surface area contributed by atoms with Gasteiger partial charge in [-0.25, -0.2) is 9.59 Å². The molecule has 3 unspecified atom stereocenters. The van der Waals surface area contributed by atoms with Gasteiger partial charge in [0, 0.05) is 5.92 Å². The molecule has 6 rings (SSSR count). The first kappa shape index (κ1) is 29.6. The van der Waals surface area contributed by atoms with Crippen molar-refractivity contribution in [3.63, 3.8) is 0 Å². The summed E-state index contributed by atoms with van der Waals surface area (Å²) < 4.78 is 10.7. The Labute approximate surface area is 252 Å². The lowest BCUT2D eigenvalue weighted by Crippen LogP contribution is -2.99. The first-order chi connectivity index (χ1) is 21.1.